The summed E-state index contributed by atoms with van der Waals surface area (Å²) in [5.41, 5.74) is 0.264. The molecule has 1 aromatic rings. The minimum absolute atomic E-state index is 0.264. The number of aromatic nitrogens is 1. The van der Waals surface area contributed by atoms with Crippen LogP contribution < -0.4 is 10.6 Å². The first kappa shape index (κ1) is 16.7. The van der Waals surface area contributed by atoms with E-state index < -0.39 is 0 Å². The molecule has 21 heavy (non-hydrogen) atoms. The Kier molecular flexibility index (Phi) is 5.61. The fourth-order valence-corrected chi connectivity index (χ4v) is 3.34. The highest BCUT2D eigenvalue weighted by Gasteiger charge is 2.32. The first-order chi connectivity index (χ1) is 9.94. The summed E-state index contributed by atoms with van der Waals surface area (Å²) in [5, 5.41) is 7.95. The zero-order chi connectivity index (χ0) is 15.5. The molecule has 0 aliphatic heterocycles. The molecule has 1 saturated carbocycles. The Bertz CT molecular complexity index is 489. The van der Waals surface area contributed by atoms with Crippen molar-refractivity contribution in [2.45, 2.75) is 58.9 Å². The SMILES string of the molecule is CCCNc1nc(NC2CCCCC2(C)C)c(Cl)cc1Cl. The normalized spacial score (nSPS) is 21.1. The predicted molar refractivity (Wildman–Crippen MR) is 92.7 cm³/mol. The summed E-state index contributed by atoms with van der Waals surface area (Å²) in [7, 11) is 0. The number of nitrogens with zero attached hydrogens (tertiary/aromatic N) is 1. The van der Waals surface area contributed by atoms with Crippen LogP contribution in [0.15, 0.2) is 6.07 Å². The minimum Gasteiger partial charge on any atom is -0.369 e. The van der Waals surface area contributed by atoms with Crippen molar-refractivity contribution < 1.29 is 0 Å². The van der Waals surface area contributed by atoms with E-state index in [9.17, 15) is 0 Å². The van der Waals surface area contributed by atoms with Crippen molar-refractivity contribution in [1.82, 2.24) is 4.98 Å². The number of halogens is 2. The standard InChI is InChI=1S/C16H25Cl2N3/c1-4-9-19-14-11(17)10-12(18)15(21-14)20-13-7-5-6-8-16(13,2)3/h10,13H,4-9H2,1-3H3,(H2,19,20,21). The maximum atomic E-state index is 6.31. The van der Waals surface area contributed by atoms with Crippen LogP contribution in [0.2, 0.25) is 10.0 Å². The molecule has 0 amide bonds. The highest BCUT2D eigenvalue weighted by molar-refractivity contribution is 6.37. The molecule has 3 nitrogen and oxygen atoms in total. The first-order valence-corrected chi connectivity index (χ1v) is 8.56. The second-order valence-electron chi connectivity index (χ2n) is 6.51. The maximum absolute atomic E-state index is 6.31. The van der Waals surface area contributed by atoms with Gasteiger partial charge in [0.05, 0.1) is 10.0 Å². The van der Waals surface area contributed by atoms with Crippen LogP contribution in [0.4, 0.5) is 11.6 Å². The van der Waals surface area contributed by atoms with E-state index in [1.807, 2.05) is 0 Å². The molecule has 1 aliphatic rings. The topological polar surface area (TPSA) is 37.0 Å². The van der Waals surface area contributed by atoms with E-state index in [1.54, 1.807) is 6.07 Å². The molecule has 1 atom stereocenters. The smallest absolute Gasteiger partial charge is 0.147 e. The number of rotatable bonds is 5. The average Bonchev–Trinajstić information content (AvgIpc) is 2.42. The fraction of sp³-hybridized carbons (Fsp3) is 0.688. The number of hydrogen-bond acceptors (Lipinski definition) is 3. The van der Waals surface area contributed by atoms with Crippen LogP contribution >= 0.6 is 23.2 Å². The molecule has 0 saturated heterocycles. The van der Waals surface area contributed by atoms with Crippen molar-refractivity contribution in [3.8, 4) is 0 Å². The van der Waals surface area contributed by atoms with Gasteiger partial charge in [-0.15, -0.1) is 0 Å². The molecular weight excluding hydrogens is 305 g/mol. The highest BCUT2D eigenvalue weighted by atomic mass is 35.5. The van der Waals surface area contributed by atoms with Crippen molar-refractivity contribution in [2.75, 3.05) is 17.2 Å². The lowest BCUT2D eigenvalue weighted by atomic mass is 9.73. The Morgan fingerprint density at radius 3 is 2.62 bits per heavy atom. The Morgan fingerprint density at radius 1 is 1.24 bits per heavy atom. The second-order valence-corrected chi connectivity index (χ2v) is 7.32. The summed E-state index contributed by atoms with van der Waals surface area (Å²) in [6.07, 6.45) is 5.98. The molecule has 0 spiro atoms. The van der Waals surface area contributed by atoms with E-state index >= 15 is 0 Å². The zero-order valence-electron chi connectivity index (χ0n) is 13.1. The van der Waals surface area contributed by atoms with E-state index in [0.717, 1.165) is 25.2 Å². The van der Waals surface area contributed by atoms with Gasteiger partial charge in [-0.05, 0) is 30.7 Å². The lowest BCUT2D eigenvalue weighted by Gasteiger charge is -2.39. The minimum atomic E-state index is 0.264. The summed E-state index contributed by atoms with van der Waals surface area (Å²) in [6.45, 7) is 7.58. The summed E-state index contributed by atoms with van der Waals surface area (Å²) in [4.78, 5) is 4.58. The third kappa shape index (κ3) is 4.17. The van der Waals surface area contributed by atoms with Gasteiger partial charge in [0.2, 0.25) is 0 Å². The number of anilines is 2. The van der Waals surface area contributed by atoms with Crippen LogP contribution in [-0.4, -0.2) is 17.6 Å². The lowest BCUT2D eigenvalue weighted by molar-refractivity contribution is 0.216. The molecule has 1 aliphatic carbocycles. The molecule has 2 N–H and O–H groups in total. The van der Waals surface area contributed by atoms with Crippen LogP contribution in [-0.2, 0) is 0 Å². The molecule has 1 unspecified atom stereocenters. The van der Waals surface area contributed by atoms with Crippen molar-refractivity contribution in [2.24, 2.45) is 5.41 Å². The monoisotopic (exact) mass is 329 g/mol. The maximum Gasteiger partial charge on any atom is 0.147 e. The van der Waals surface area contributed by atoms with Crippen molar-refractivity contribution in [1.29, 1.82) is 0 Å². The van der Waals surface area contributed by atoms with Crippen molar-refractivity contribution in [3.05, 3.63) is 16.1 Å². The summed E-state index contributed by atoms with van der Waals surface area (Å²) in [5.74, 6) is 1.44. The van der Waals surface area contributed by atoms with Gasteiger partial charge in [-0.2, -0.15) is 0 Å². The van der Waals surface area contributed by atoms with E-state index in [-0.39, 0.29) is 5.41 Å². The van der Waals surface area contributed by atoms with Crippen molar-refractivity contribution >= 4 is 34.8 Å². The molecule has 0 bridgehead atoms. The molecule has 0 radical (unpaired) electrons. The van der Waals surface area contributed by atoms with Crippen LogP contribution in [0.5, 0.6) is 0 Å². The molecule has 5 heteroatoms. The molecule has 1 aromatic heterocycles. The number of hydrogen-bond donors (Lipinski definition) is 2. The molecular formula is C16H25Cl2N3. The van der Waals surface area contributed by atoms with Gasteiger partial charge in [0, 0.05) is 12.6 Å². The van der Waals surface area contributed by atoms with E-state index in [4.69, 9.17) is 23.2 Å². The second kappa shape index (κ2) is 7.06. The van der Waals surface area contributed by atoms with Crippen LogP contribution in [0.25, 0.3) is 0 Å². The Hall–Kier alpha value is -0.670. The van der Waals surface area contributed by atoms with Crippen LogP contribution in [0.3, 0.4) is 0 Å². The quantitative estimate of drug-likeness (QED) is 0.739. The van der Waals surface area contributed by atoms with E-state index in [0.29, 0.717) is 21.9 Å². The highest BCUT2D eigenvalue weighted by Crippen LogP contribution is 2.38. The van der Waals surface area contributed by atoms with E-state index in [2.05, 4.69) is 36.4 Å². The largest absolute Gasteiger partial charge is 0.369 e. The van der Waals surface area contributed by atoms with Crippen molar-refractivity contribution in [3.63, 3.8) is 0 Å². The van der Waals surface area contributed by atoms with Gasteiger partial charge in [0.25, 0.3) is 0 Å². The summed E-state index contributed by atoms with van der Waals surface area (Å²) < 4.78 is 0. The predicted octanol–water partition coefficient (Wildman–Crippen LogP) is 5.59. The van der Waals surface area contributed by atoms with Gasteiger partial charge in [-0.25, -0.2) is 4.98 Å². The fourth-order valence-electron chi connectivity index (χ4n) is 2.86. The molecule has 118 valence electrons. The Labute approximate surface area is 137 Å². The zero-order valence-corrected chi connectivity index (χ0v) is 14.6. The van der Waals surface area contributed by atoms with Gasteiger partial charge in [0.15, 0.2) is 0 Å². The first-order valence-electron chi connectivity index (χ1n) is 7.80. The van der Waals surface area contributed by atoms with Gasteiger partial charge in [-0.3, -0.25) is 0 Å². The van der Waals surface area contributed by atoms with Gasteiger partial charge in [0.1, 0.15) is 11.6 Å². The van der Waals surface area contributed by atoms with Gasteiger partial charge in [-0.1, -0.05) is 56.8 Å². The average molecular weight is 330 g/mol. The molecule has 2 rings (SSSR count). The molecule has 1 heterocycles. The number of nitrogens with one attached hydrogen (secondary N) is 2. The lowest BCUT2D eigenvalue weighted by Crippen LogP contribution is -2.39. The van der Waals surface area contributed by atoms with Crippen LogP contribution in [0, 0.1) is 5.41 Å². The van der Waals surface area contributed by atoms with E-state index in [1.165, 1.54) is 19.3 Å². The summed E-state index contributed by atoms with van der Waals surface area (Å²) in [6, 6.07) is 2.17. The molecule has 0 aromatic carbocycles. The third-order valence-electron chi connectivity index (χ3n) is 4.29. The number of pyridine rings is 1. The molecule has 1 fully saturated rings. The van der Waals surface area contributed by atoms with Gasteiger partial charge < -0.3 is 10.6 Å². The Balaban J connectivity index is 2.18. The summed E-state index contributed by atoms with van der Waals surface area (Å²) >= 11 is 12.5. The Morgan fingerprint density at radius 2 is 1.95 bits per heavy atom. The van der Waals surface area contributed by atoms with Gasteiger partial charge >= 0.3 is 0 Å². The van der Waals surface area contributed by atoms with Crippen LogP contribution in [0.1, 0.15) is 52.9 Å². The third-order valence-corrected chi connectivity index (χ3v) is 4.87.